The highest BCUT2D eigenvalue weighted by Crippen LogP contribution is 2.25. The summed E-state index contributed by atoms with van der Waals surface area (Å²) in [5.74, 6) is 1.12. The summed E-state index contributed by atoms with van der Waals surface area (Å²) < 4.78 is 7.15. The number of amides is 1. The number of esters is 1. The fourth-order valence-electron chi connectivity index (χ4n) is 2.93. The molecular weight excluding hydrogens is 468 g/mol. The van der Waals surface area contributed by atoms with Crippen molar-refractivity contribution in [3.8, 4) is 0 Å². The van der Waals surface area contributed by atoms with Crippen LogP contribution in [0.25, 0.3) is 0 Å². The molecular formula is C25H28N4O3S2. The third-order valence-corrected chi connectivity index (χ3v) is 6.55. The molecule has 1 heterocycles. The molecule has 9 heteroatoms. The van der Waals surface area contributed by atoms with Gasteiger partial charge in [-0.2, -0.15) is 0 Å². The Morgan fingerprint density at radius 1 is 1.09 bits per heavy atom. The summed E-state index contributed by atoms with van der Waals surface area (Å²) in [6, 6.07) is 15.0. The quantitative estimate of drug-likeness (QED) is 0.217. The second kappa shape index (κ2) is 12.4. The number of aromatic nitrogens is 3. The van der Waals surface area contributed by atoms with Crippen LogP contribution in [0.5, 0.6) is 0 Å². The summed E-state index contributed by atoms with van der Waals surface area (Å²) in [6.45, 7) is 10.0. The van der Waals surface area contributed by atoms with Crippen LogP contribution in [0.2, 0.25) is 0 Å². The van der Waals surface area contributed by atoms with Crippen LogP contribution in [0.3, 0.4) is 0 Å². The maximum atomic E-state index is 12.5. The van der Waals surface area contributed by atoms with Crippen LogP contribution in [0.1, 0.15) is 35.6 Å². The summed E-state index contributed by atoms with van der Waals surface area (Å²) in [5.41, 5.74) is 2.27. The van der Waals surface area contributed by atoms with Gasteiger partial charge in [0.25, 0.3) is 0 Å². The van der Waals surface area contributed by atoms with Gasteiger partial charge in [-0.15, -0.1) is 28.5 Å². The molecule has 0 aliphatic heterocycles. The predicted octanol–water partition coefficient (Wildman–Crippen LogP) is 5.36. The number of hydrogen-bond acceptors (Lipinski definition) is 7. The van der Waals surface area contributed by atoms with E-state index in [-0.39, 0.29) is 23.7 Å². The van der Waals surface area contributed by atoms with Gasteiger partial charge in [0.2, 0.25) is 5.91 Å². The summed E-state index contributed by atoms with van der Waals surface area (Å²) in [5, 5.41) is 12.1. The molecule has 0 unspecified atom stereocenters. The lowest BCUT2D eigenvalue weighted by molar-refractivity contribution is -0.113. The van der Waals surface area contributed by atoms with Gasteiger partial charge in [-0.05, 0) is 57.2 Å². The lowest BCUT2D eigenvalue weighted by atomic mass is 10.2. The summed E-state index contributed by atoms with van der Waals surface area (Å²) >= 11 is 3.01. The van der Waals surface area contributed by atoms with Gasteiger partial charge < -0.3 is 14.6 Å². The largest absolute Gasteiger partial charge is 0.459 e. The number of thioether (sulfide) groups is 2. The van der Waals surface area contributed by atoms with Crippen molar-refractivity contribution < 1.29 is 14.3 Å². The van der Waals surface area contributed by atoms with Gasteiger partial charge in [0.1, 0.15) is 5.82 Å². The Morgan fingerprint density at radius 2 is 1.79 bits per heavy atom. The zero-order valence-electron chi connectivity index (χ0n) is 19.5. The third kappa shape index (κ3) is 7.50. The van der Waals surface area contributed by atoms with Crippen molar-refractivity contribution >= 4 is 41.1 Å². The fraction of sp³-hybridized carbons (Fsp3) is 0.280. The number of carbonyl (C=O) groups is 2. The molecule has 1 aromatic heterocycles. The van der Waals surface area contributed by atoms with Crippen LogP contribution >= 0.6 is 23.5 Å². The van der Waals surface area contributed by atoms with Crippen LogP contribution in [-0.4, -0.2) is 38.5 Å². The highest BCUT2D eigenvalue weighted by molar-refractivity contribution is 7.99. The Bertz CT molecular complexity index is 1130. The lowest BCUT2D eigenvalue weighted by Gasteiger charge is -2.09. The Hall–Kier alpha value is -3.04. The van der Waals surface area contributed by atoms with Crippen LogP contribution in [-0.2, 0) is 21.8 Å². The van der Waals surface area contributed by atoms with Crippen LogP contribution in [0, 0.1) is 6.92 Å². The molecule has 2 aromatic carbocycles. The SMILES string of the molecule is C=CCn1c(CSc2ccc(C)cc2)nnc1SCC(=O)Nc1ccc(C(=O)OC(C)C)cc1. The molecule has 0 spiro atoms. The first kappa shape index (κ1) is 25.6. The van der Waals surface area contributed by atoms with Crippen molar-refractivity contribution in [3.63, 3.8) is 0 Å². The number of hydrogen-bond donors (Lipinski definition) is 1. The number of aryl methyl sites for hydroxylation is 1. The highest BCUT2D eigenvalue weighted by atomic mass is 32.2. The maximum Gasteiger partial charge on any atom is 0.338 e. The minimum absolute atomic E-state index is 0.175. The van der Waals surface area contributed by atoms with Crippen molar-refractivity contribution in [2.75, 3.05) is 11.1 Å². The van der Waals surface area contributed by atoms with E-state index in [2.05, 4.69) is 53.3 Å². The molecule has 0 saturated heterocycles. The van der Waals surface area contributed by atoms with Gasteiger partial charge in [0.05, 0.1) is 23.2 Å². The standard InChI is InChI=1S/C25H28N4O3S2/c1-5-14-29-22(15-33-21-12-6-18(4)7-13-21)27-28-25(29)34-16-23(30)26-20-10-8-19(9-11-20)24(31)32-17(2)3/h5-13,17H,1,14-16H2,2-4H3,(H,26,30). The van der Waals surface area contributed by atoms with Gasteiger partial charge >= 0.3 is 5.97 Å². The maximum absolute atomic E-state index is 12.5. The average Bonchev–Trinajstić information content (AvgIpc) is 3.19. The Balaban J connectivity index is 1.55. The van der Waals surface area contributed by atoms with Crippen molar-refractivity contribution in [1.29, 1.82) is 0 Å². The average molecular weight is 497 g/mol. The first-order valence-electron chi connectivity index (χ1n) is 10.8. The molecule has 0 radical (unpaired) electrons. The minimum atomic E-state index is -0.388. The molecule has 178 valence electrons. The van der Waals surface area contributed by atoms with E-state index in [9.17, 15) is 9.59 Å². The van der Waals surface area contributed by atoms with Gasteiger partial charge in [0.15, 0.2) is 5.16 Å². The van der Waals surface area contributed by atoms with Crippen molar-refractivity contribution in [1.82, 2.24) is 14.8 Å². The third-order valence-electron chi connectivity index (χ3n) is 4.57. The number of carbonyl (C=O) groups excluding carboxylic acids is 2. The molecule has 3 rings (SSSR count). The van der Waals surface area contributed by atoms with Crippen molar-refractivity contribution in [2.45, 2.75) is 49.2 Å². The van der Waals surface area contributed by atoms with Gasteiger partial charge in [-0.25, -0.2) is 4.79 Å². The fourth-order valence-corrected chi connectivity index (χ4v) is 4.53. The Morgan fingerprint density at radius 3 is 2.44 bits per heavy atom. The first-order chi connectivity index (χ1) is 16.4. The van der Waals surface area contributed by atoms with E-state index in [1.165, 1.54) is 17.3 Å². The van der Waals surface area contributed by atoms with E-state index in [0.29, 0.717) is 28.7 Å². The smallest absolute Gasteiger partial charge is 0.338 e. The summed E-state index contributed by atoms with van der Waals surface area (Å²) in [4.78, 5) is 25.6. The van der Waals surface area contributed by atoms with E-state index < -0.39 is 0 Å². The minimum Gasteiger partial charge on any atom is -0.459 e. The number of nitrogens with zero attached hydrogens (tertiary/aromatic N) is 3. The number of nitrogens with one attached hydrogen (secondary N) is 1. The Labute approximate surface area is 208 Å². The Kier molecular flexibility index (Phi) is 9.35. The summed E-state index contributed by atoms with van der Waals surface area (Å²) in [7, 11) is 0. The number of anilines is 1. The highest BCUT2D eigenvalue weighted by Gasteiger charge is 2.15. The number of benzene rings is 2. The van der Waals surface area contributed by atoms with E-state index in [1.807, 2.05) is 4.57 Å². The molecule has 0 atom stereocenters. The molecule has 0 fully saturated rings. The first-order valence-corrected chi connectivity index (χ1v) is 12.8. The number of ether oxygens (including phenoxy) is 1. The number of allylic oxidation sites excluding steroid dienone is 1. The normalized spacial score (nSPS) is 10.8. The van der Waals surface area contributed by atoms with Gasteiger partial charge in [-0.1, -0.05) is 35.5 Å². The monoisotopic (exact) mass is 496 g/mol. The second-order valence-electron chi connectivity index (χ2n) is 7.77. The topological polar surface area (TPSA) is 86.1 Å². The molecule has 1 N–H and O–H groups in total. The zero-order valence-corrected chi connectivity index (χ0v) is 21.1. The van der Waals surface area contributed by atoms with Gasteiger partial charge in [-0.3, -0.25) is 4.79 Å². The van der Waals surface area contributed by atoms with Crippen LogP contribution in [0.4, 0.5) is 5.69 Å². The summed E-state index contributed by atoms with van der Waals surface area (Å²) in [6.07, 6.45) is 1.60. The van der Waals surface area contributed by atoms with E-state index in [0.717, 1.165) is 10.7 Å². The zero-order chi connectivity index (χ0) is 24.5. The number of rotatable bonds is 11. The molecule has 3 aromatic rings. The van der Waals surface area contributed by atoms with Crippen molar-refractivity contribution in [3.05, 3.63) is 78.1 Å². The van der Waals surface area contributed by atoms with Crippen LogP contribution in [0.15, 0.2) is 71.2 Å². The second-order valence-corrected chi connectivity index (χ2v) is 9.76. The molecule has 7 nitrogen and oxygen atoms in total. The lowest BCUT2D eigenvalue weighted by Crippen LogP contribution is -2.15. The molecule has 1 amide bonds. The van der Waals surface area contributed by atoms with Gasteiger partial charge in [0, 0.05) is 17.1 Å². The predicted molar refractivity (Wildman–Crippen MR) is 137 cm³/mol. The van der Waals surface area contributed by atoms with E-state index >= 15 is 0 Å². The van der Waals surface area contributed by atoms with Crippen LogP contribution < -0.4 is 5.32 Å². The van der Waals surface area contributed by atoms with Crippen molar-refractivity contribution in [2.24, 2.45) is 0 Å². The molecule has 0 saturated carbocycles. The molecule has 0 aliphatic rings. The molecule has 34 heavy (non-hydrogen) atoms. The molecule has 0 bridgehead atoms. The van der Waals surface area contributed by atoms with E-state index in [1.54, 1.807) is 56.0 Å². The molecule has 0 aliphatic carbocycles. The van der Waals surface area contributed by atoms with E-state index in [4.69, 9.17) is 4.74 Å².